The van der Waals surface area contributed by atoms with Gasteiger partial charge in [0.25, 0.3) is 0 Å². The van der Waals surface area contributed by atoms with Gasteiger partial charge in [-0.15, -0.1) is 0 Å². The van der Waals surface area contributed by atoms with Crippen LogP contribution in [0.5, 0.6) is 0 Å². The maximum absolute atomic E-state index is 5.94. The summed E-state index contributed by atoms with van der Waals surface area (Å²) in [5.74, 6) is 1.09. The van der Waals surface area contributed by atoms with Crippen molar-refractivity contribution in [2.24, 2.45) is 0 Å². The van der Waals surface area contributed by atoms with E-state index in [-0.39, 0.29) is 0 Å². The Labute approximate surface area is 128 Å². The van der Waals surface area contributed by atoms with Crippen molar-refractivity contribution in [3.05, 3.63) is 32.1 Å². The Hall–Kier alpha value is -0.760. The molecule has 2 rings (SSSR count). The third kappa shape index (κ3) is 2.80. The largest absolute Gasteiger partial charge is 0.383 e. The second-order valence-electron chi connectivity index (χ2n) is 3.78. The van der Waals surface area contributed by atoms with Gasteiger partial charge in [-0.1, -0.05) is 13.3 Å². The van der Waals surface area contributed by atoms with Crippen LogP contribution >= 0.6 is 38.5 Å². The van der Waals surface area contributed by atoms with E-state index in [4.69, 9.17) is 5.73 Å². The van der Waals surface area contributed by atoms with Gasteiger partial charge in [0.2, 0.25) is 0 Å². The molecule has 18 heavy (non-hydrogen) atoms. The summed E-state index contributed by atoms with van der Waals surface area (Å²) in [6.45, 7) is 2.12. The minimum Gasteiger partial charge on any atom is -0.383 e. The number of pyridine rings is 1. The van der Waals surface area contributed by atoms with E-state index in [2.05, 4.69) is 60.4 Å². The summed E-state index contributed by atoms with van der Waals surface area (Å²) < 4.78 is 1.80. The van der Waals surface area contributed by atoms with E-state index >= 15 is 0 Å². The molecule has 4 nitrogen and oxygen atoms in total. The van der Waals surface area contributed by atoms with Crippen LogP contribution in [0.15, 0.2) is 22.8 Å². The first-order chi connectivity index (χ1) is 8.63. The topological polar surface area (TPSA) is 64.7 Å². The molecule has 0 atom stereocenters. The minimum atomic E-state index is 0.515. The number of anilines is 1. The molecular formula is C12H12BrIN4. The molecule has 0 fully saturated rings. The maximum Gasteiger partial charge on any atom is 0.181 e. The van der Waals surface area contributed by atoms with Gasteiger partial charge in [-0.05, 0) is 57.1 Å². The van der Waals surface area contributed by atoms with Gasteiger partial charge < -0.3 is 5.73 Å². The van der Waals surface area contributed by atoms with Gasteiger partial charge in [0.1, 0.15) is 11.5 Å². The van der Waals surface area contributed by atoms with Crippen molar-refractivity contribution in [2.45, 2.75) is 19.8 Å². The lowest BCUT2D eigenvalue weighted by Crippen LogP contribution is -2.05. The predicted molar refractivity (Wildman–Crippen MR) is 84.1 cm³/mol. The lowest BCUT2D eigenvalue weighted by molar-refractivity contribution is 0.867. The molecule has 0 aromatic carbocycles. The number of nitrogens with zero attached hydrogens (tertiary/aromatic N) is 3. The normalized spacial score (nSPS) is 10.6. The molecule has 0 saturated heterocycles. The fraction of sp³-hybridized carbons (Fsp3) is 0.250. The zero-order chi connectivity index (χ0) is 13.1. The monoisotopic (exact) mass is 418 g/mol. The molecule has 2 aromatic rings. The van der Waals surface area contributed by atoms with Gasteiger partial charge in [0, 0.05) is 10.7 Å². The third-order valence-corrected chi connectivity index (χ3v) is 4.22. The Morgan fingerprint density at radius 2 is 2.17 bits per heavy atom. The van der Waals surface area contributed by atoms with Crippen LogP contribution in [0, 0.1) is 3.57 Å². The fourth-order valence-electron chi connectivity index (χ4n) is 1.57. The molecule has 2 N–H and O–H groups in total. The van der Waals surface area contributed by atoms with Crippen LogP contribution in [-0.4, -0.2) is 15.0 Å². The van der Waals surface area contributed by atoms with Gasteiger partial charge in [-0.2, -0.15) is 0 Å². The lowest BCUT2D eigenvalue weighted by atomic mass is 10.2. The molecule has 2 heterocycles. The Morgan fingerprint density at radius 1 is 1.39 bits per heavy atom. The Bertz CT molecular complexity index is 574. The van der Waals surface area contributed by atoms with E-state index in [0.29, 0.717) is 11.6 Å². The molecule has 0 spiro atoms. The second kappa shape index (κ2) is 5.92. The molecule has 94 valence electrons. The standard InChI is InChI=1S/C12H12BrIN4/c1-2-4-8-9(14)11(15)18-12(17-8)10-7(13)5-3-6-16-10/h3,5-6H,2,4H2,1H3,(H2,15,17,18). The average molecular weight is 419 g/mol. The fourth-order valence-corrected chi connectivity index (χ4v) is 2.51. The van der Waals surface area contributed by atoms with Crippen LogP contribution in [0.4, 0.5) is 5.82 Å². The average Bonchev–Trinajstić information content (AvgIpc) is 2.35. The number of rotatable bonds is 3. The first-order valence-corrected chi connectivity index (χ1v) is 7.43. The number of hydrogen-bond acceptors (Lipinski definition) is 4. The van der Waals surface area contributed by atoms with E-state index in [0.717, 1.165) is 32.3 Å². The van der Waals surface area contributed by atoms with Crippen molar-refractivity contribution in [3.8, 4) is 11.5 Å². The van der Waals surface area contributed by atoms with Gasteiger partial charge in [0.05, 0.1) is 9.26 Å². The van der Waals surface area contributed by atoms with Crippen molar-refractivity contribution in [1.82, 2.24) is 15.0 Å². The number of aromatic nitrogens is 3. The highest BCUT2D eigenvalue weighted by atomic mass is 127. The number of nitrogen functional groups attached to an aromatic ring is 1. The van der Waals surface area contributed by atoms with Gasteiger partial charge in [0.15, 0.2) is 5.82 Å². The molecule has 6 heteroatoms. The van der Waals surface area contributed by atoms with Crippen LogP contribution in [0.1, 0.15) is 19.0 Å². The van der Waals surface area contributed by atoms with E-state index in [9.17, 15) is 0 Å². The van der Waals surface area contributed by atoms with E-state index in [1.54, 1.807) is 6.20 Å². The van der Waals surface area contributed by atoms with Crippen molar-refractivity contribution < 1.29 is 0 Å². The first kappa shape index (κ1) is 13.7. The predicted octanol–water partition coefficient (Wildman–Crippen LogP) is 3.44. The summed E-state index contributed by atoms with van der Waals surface area (Å²) >= 11 is 5.65. The molecule has 0 aliphatic heterocycles. The number of aryl methyl sites for hydroxylation is 1. The second-order valence-corrected chi connectivity index (χ2v) is 5.71. The summed E-state index contributed by atoms with van der Waals surface area (Å²) in [6, 6.07) is 3.77. The summed E-state index contributed by atoms with van der Waals surface area (Å²) in [6.07, 6.45) is 3.63. The molecule has 0 unspecified atom stereocenters. The molecule has 2 aromatic heterocycles. The molecule has 0 aliphatic rings. The molecule has 0 bridgehead atoms. The molecule has 0 saturated carbocycles. The Morgan fingerprint density at radius 3 is 2.83 bits per heavy atom. The highest BCUT2D eigenvalue weighted by molar-refractivity contribution is 14.1. The summed E-state index contributed by atoms with van der Waals surface area (Å²) in [5.41, 5.74) is 7.64. The number of hydrogen-bond donors (Lipinski definition) is 1. The quantitative estimate of drug-likeness (QED) is 0.775. The van der Waals surface area contributed by atoms with E-state index in [1.165, 1.54) is 0 Å². The van der Waals surface area contributed by atoms with Crippen LogP contribution in [0.2, 0.25) is 0 Å². The summed E-state index contributed by atoms with van der Waals surface area (Å²) in [4.78, 5) is 13.2. The van der Waals surface area contributed by atoms with Crippen molar-refractivity contribution >= 4 is 44.3 Å². The zero-order valence-electron chi connectivity index (χ0n) is 9.82. The highest BCUT2D eigenvalue weighted by Gasteiger charge is 2.13. The molecule has 0 amide bonds. The van der Waals surface area contributed by atoms with Crippen LogP contribution in [-0.2, 0) is 6.42 Å². The van der Waals surface area contributed by atoms with Crippen LogP contribution in [0.3, 0.4) is 0 Å². The van der Waals surface area contributed by atoms with E-state index in [1.807, 2.05) is 12.1 Å². The number of nitrogens with two attached hydrogens (primary N) is 1. The van der Waals surface area contributed by atoms with Crippen molar-refractivity contribution in [3.63, 3.8) is 0 Å². The first-order valence-electron chi connectivity index (χ1n) is 5.56. The van der Waals surface area contributed by atoms with E-state index < -0.39 is 0 Å². The molecule has 0 radical (unpaired) electrons. The molecule has 0 aliphatic carbocycles. The van der Waals surface area contributed by atoms with Crippen LogP contribution < -0.4 is 5.73 Å². The smallest absolute Gasteiger partial charge is 0.181 e. The van der Waals surface area contributed by atoms with Gasteiger partial charge in [-0.25, -0.2) is 9.97 Å². The zero-order valence-corrected chi connectivity index (χ0v) is 13.6. The number of halogens is 2. The lowest BCUT2D eigenvalue weighted by Gasteiger charge is -2.08. The summed E-state index contributed by atoms with van der Waals surface area (Å²) in [5, 5.41) is 0. The summed E-state index contributed by atoms with van der Waals surface area (Å²) in [7, 11) is 0. The Balaban J connectivity index is 2.56. The van der Waals surface area contributed by atoms with Gasteiger partial charge in [-0.3, -0.25) is 4.98 Å². The molecular weight excluding hydrogens is 407 g/mol. The van der Waals surface area contributed by atoms with Crippen LogP contribution in [0.25, 0.3) is 11.5 Å². The third-order valence-electron chi connectivity index (χ3n) is 2.40. The van der Waals surface area contributed by atoms with Crippen molar-refractivity contribution in [1.29, 1.82) is 0 Å². The Kier molecular flexibility index (Phi) is 4.50. The van der Waals surface area contributed by atoms with Gasteiger partial charge >= 0.3 is 0 Å². The highest BCUT2D eigenvalue weighted by Crippen LogP contribution is 2.26. The maximum atomic E-state index is 5.94. The van der Waals surface area contributed by atoms with Crippen molar-refractivity contribution in [2.75, 3.05) is 5.73 Å². The minimum absolute atomic E-state index is 0.515. The SMILES string of the molecule is CCCc1nc(-c2ncccc2Br)nc(N)c1I.